The number of nitrogens with zero attached hydrogens (tertiary/aromatic N) is 1. The van der Waals surface area contributed by atoms with Gasteiger partial charge in [-0.05, 0) is 31.2 Å². The number of aromatic nitrogens is 1. The number of hydrogen-bond donors (Lipinski definition) is 1. The van der Waals surface area contributed by atoms with Crippen molar-refractivity contribution in [3.8, 4) is 0 Å². The molecule has 0 aliphatic rings. The van der Waals surface area contributed by atoms with E-state index in [9.17, 15) is 4.79 Å². The van der Waals surface area contributed by atoms with Gasteiger partial charge in [0.05, 0.1) is 12.8 Å². The Morgan fingerprint density at radius 1 is 1.43 bits per heavy atom. The number of thiazole rings is 1. The Morgan fingerprint density at radius 3 is 3.10 bits per heavy atom. The number of aryl methyl sites for hydroxylation is 1. The first-order valence-electron chi connectivity index (χ1n) is 6.41. The van der Waals surface area contributed by atoms with E-state index >= 15 is 0 Å². The molecule has 1 N–H and O–H groups in total. The van der Waals surface area contributed by atoms with E-state index < -0.39 is 0 Å². The number of nitrogens with one attached hydrogen (secondary N) is 1. The van der Waals surface area contributed by atoms with Crippen LogP contribution in [0, 0.1) is 6.92 Å². The third-order valence-electron chi connectivity index (χ3n) is 2.94. The highest BCUT2D eigenvalue weighted by atomic mass is 32.1. The average Bonchev–Trinajstić information content (AvgIpc) is 3.04. The summed E-state index contributed by atoms with van der Waals surface area (Å²) < 4.78 is 10.5. The standard InChI is InChI=1S/C15H14N2O3S/c1-9-5-10-6-11(3-4-12(10)20-9)17-15(18)13-7-16-14(21-13)8-19-2/h3-7H,8H2,1-2H3,(H,17,18). The molecule has 0 aliphatic carbocycles. The second-order valence-electron chi connectivity index (χ2n) is 4.62. The maximum atomic E-state index is 12.2. The van der Waals surface area contributed by atoms with Crippen LogP contribution in [0.1, 0.15) is 20.4 Å². The molecule has 0 spiro atoms. The summed E-state index contributed by atoms with van der Waals surface area (Å²) in [5.74, 6) is 0.676. The van der Waals surface area contributed by atoms with Gasteiger partial charge in [0.1, 0.15) is 21.2 Å². The summed E-state index contributed by atoms with van der Waals surface area (Å²) in [6.07, 6.45) is 1.56. The van der Waals surface area contributed by atoms with E-state index in [1.165, 1.54) is 11.3 Å². The molecular formula is C15H14N2O3S. The van der Waals surface area contributed by atoms with E-state index in [0.29, 0.717) is 11.5 Å². The van der Waals surface area contributed by atoms with E-state index in [1.54, 1.807) is 13.3 Å². The predicted molar refractivity (Wildman–Crippen MR) is 81.7 cm³/mol. The molecule has 1 amide bonds. The van der Waals surface area contributed by atoms with Gasteiger partial charge in [-0.3, -0.25) is 4.79 Å². The first kappa shape index (κ1) is 13.8. The third-order valence-corrected chi connectivity index (χ3v) is 3.91. The van der Waals surface area contributed by atoms with Crippen molar-refractivity contribution in [3.05, 3.63) is 46.1 Å². The molecule has 0 bridgehead atoms. The van der Waals surface area contributed by atoms with Crippen molar-refractivity contribution in [1.82, 2.24) is 4.98 Å². The first-order valence-corrected chi connectivity index (χ1v) is 7.22. The highest BCUT2D eigenvalue weighted by molar-refractivity contribution is 7.13. The summed E-state index contributed by atoms with van der Waals surface area (Å²) in [5.41, 5.74) is 1.54. The number of fused-ring (bicyclic) bond motifs is 1. The van der Waals surface area contributed by atoms with Gasteiger partial charge < -0.3 is 14.5 Å². The number of furan rings is 1. The summed E-state index contributed by atoms with van der Waals surface area (Å²) in [7, 11) is 1.60. The van der Waals surface area contributed by atoms with Gasteiger partial charge in [0.25, 0.3) is 5.91 Å². The quantitative estimate of drug-likeness (QED) is 0.800. The number of methoxy groups -OCH3 is 1. The van der Waals surface area contributed by atoms with Gasteiger partial charge >= 0.3 is 0 Å². The number of rotatable bonds is 4. The molecule has 0 radical (unpaired) electrons. The van der Waals surface area contributed by atoms with Crippen molar-refractivity contribution in [3.63, 3.8) is 0 Å². The Hall–Kier alpha value is -2.18. The smallest absolute Gasteiger partial charge is 0.267 e. The van der Waals surface area contributed by atoms with E-state index in [2.05, 4.69) is 10.3 Å². The Labute approximate surface area is 125 Å². The molecule has 0 fully saturated rings. The molecule has 0 saturated carbocycles. The number of carbonyl (C=O) groups is 1. The lowest BCUT2D eigenvalue weighted by Crippen LogP contribution is -2.09. The minimum Gasteiger partial charge on any atom is -0.461 e. The number of hydrogen-bond acceptors (Lipinski definition) is 5. The molecular weight excluding hydrogens is 288 g/mol. The van der Waals surface area contributed by atoms with Crippen LogP contribution in [0.3, 0.4) is 0 Å². The van der Waals surface area contributed by atoms with Crippen LogP contribution >= 0.6 is 11.3 Å². The largest absolute Gasteiger partial charge is 0.461 e. The van der Waals surface area contributed by atoms with Crippen LogP contribution in [0.25, 0.3) is 11.0 Å². The lowest BCUT2D eigenvalue weighted by Gasteiger charge is -2.02. The fourth-order valence-electron chi connectivity index (χ4n) is 2.05. The second-order valence-corrected chi connectivity index (χ2v) is 5.73. The topological polar surface area (TPSA) is 64.4 Å². The lowest BCUT2D eigenvalue weighted by molar-refractivity contribution is 0.103. The number of carbonyl (C=O) groups excluding carboxylic acids is 1. The Morgan fingerprint density at radius 2 is 2.29 bits per heavy atom. The molecule has 3 aromatic rings. The monoisotopic (exact) mass is 302 g/mol. The van der Waals surface area contributed by atoms with Crippen molar-refractivity contribution in [1.29, 1.82) is 0 Å². The molecule has 0 aliphatic heterocycles. The third kappa shape index (κ3) is 2.96. The number of benzene rings is 1. The summed E-state index contributed by atoms with van der Waals surface area (Å²) in [6, 6.07) is 7.50. The van der Waals surface area contributed by atoms with Crippen molar-refractivity contribution in [2.45, 2.75) is 13.5 Å². The number of ether oxygens (including phenoxy) is 1. The molecule has 0 atom stereocenters. The molecule has 21 heavy (non-hydrogen) atoms. The van der Waals surface area contributed by atoms with Crippen LogP contribution in [0.2, 0.25) is 0 Å². The summed E-state index contributed by atoms with van der Waals surface area (Å²) >= 11 is 1.33. The Balaban J connectivity index is 1.78. The molecule has 0 saturated heterocycles. The summed E-state index contributed by atoms with van der Waals surface area (Å²) in [6.45, 7) is 2.31. The zero-order chi connectivity index (χ0) is 14.8. The molecule has 0 unspecified atom stereocenters. The van der Waals surface area contributed by atoms with Crippen LogP contribution in [-0.4, -0.2) is 18.0 Å². The van der Waals surface area contributed by atoms with Gasteiger partial charge in [-0.1, -0.05) is 0 Å². The van der Waals surface area contributed by atoms with Crippen LogP contribution in [0.15, 0.2) is 34.9 Å². The van der Waals surface area contributed by atoms with Crippen LogP contribution in [0.5, 0.6) is 0 Å². The molecule has 1 aromatic carbocycles. The van der Waals surface area contributed by atoms with Gasteiger partial charge in [-0.25, -0.2) is 4.98 Å². The fraction of sp³-hybridized carbons (Fsp3) is 0.200. The summed E-state index contributed by atoms with van der Waals surface area (Å²) in [4.78, 5) is 16.9. The zero-order valence-corrected chi connectivity index (χ0v) is 12.5. The molecule has 5 nitrogen and oxygen atoms in total. The van der Waals surface area contributed by atoms with Crippen molar-refractivity contribution in [2.24, 2.45) is 0 Å². The van der Waals surface area contributed by atoms with Crippen molar-refractivity contribution in [2.75, 3.05) is 12.4 Å². The average molecular weight is 302 g/mol. The molecule has 6 heteroatoms. The van der Waals surface area contributed by atoms with Crippen LogP contribution < -0.4 is 5.32 Å². The predicted octanol–water partition coefficient (Wildman–Crippen LogP) is 3.60. The van der Waals surface area contributed by atoms with E-state index in [-0.39, 0.29) is 5.91 Å². The highest BCUT2D eigenvalue weighted by Gasteiger charge is 2.11. The fourth-order valence-corrected chi connectivity index (χ4v) is 2.84. The van der Waals surface area contributed by atoms with E-state index in [4.69, 9.17) is 9.15 Å². The van der Waals surface area contributed by atoms with Gasteiger partial charge in [0, 0.05) is 18.2 Å². The Bertz CT molecular complexity index is 791. The van der Waals surface area contributed by atoms with Crippen molar-refractivity contribution < 1.29 is 13.9 Å². The minimum atomic E-state index is -0.172. The normalized spacial score (nSPS) is 11.0. The van der Waals surface area contributed by atoms with Crippen LogP contribution in [0.4, 0.5) is 5.69 Å². The maximum absolute atomic E-state index is 12.2. The van der Waals surface area contributed by atoms with Crippen LogP contribution in [-0.2, 0) is 11.3 Å². The molecule has 3 rings (SSSR count). The lowest BCUT2D eigenvalue weighted by atomic mass is 10.2. The Kier molecular flexibility index (Phi) is 3.72. The highest BCUT2D eigenvalue weighted by Crippen LogP contribution is 2.23. The SMILES string of the molecule is COCc1ncc(C(=O)Nc2ccc3oc(C)cc3c2)s1. The van der Waals surface area contributed by atoms with E-state index in [0.717, 1.165) is 27.4 Å². The van der Waals surface area contributed by atoms with Gasteiger partial charge in [-0.15, -0.1) is 11.3 Å². The molecule has 108 valence electrons. The van der Waals surface area contributed by atoms with E-state index in [1.807, 2.05) is 31.2 Å². The number of anilines is 1. The summed E-state index contributed by atoms with van der Waals surface area (Å²) in [5, 5.41) is 4.61. The minimum absolute atomic E-state index is 0.172. The number of amides is 1. The molecule has 2 aromatic heterocycles. The second kappa shape index (κ2) is 5.67. The van der Waals surface area contributed by atoms with Gasteiger partial charge in [-0.2, -0.15) is 0 Å². The van der Waals surface area contributed by atoms with Crippen molar-refractivity contribution >= 4 is 33.9 Å². The maximum Gasteiger partial charge on any atom is 0.267 e. The van der Waals surface area contributed by atoms with Gasteiger partial charge in [0.2, 0.25) is 0 Å². The first-order chi connectivity index (χ1) is 10.2. The molecule has 2 heterocycles. The zero-order valence-electron chi connectivity index (χ0n) is 11.7. The van der Waals surface area contributed by atoms with Gasteiger partial charge in [0.15, 0.2) is 0 Å².